The normalized spacial score (nSPS) is 12.4. The number of hydrogen-bond donors (Lipinski definition) is 2. The van der Waals surface area contributed by atoms with Crippen LogP contribution in [0.2, 0.25) is 5.02 Å². The Morgan fingerprint density at radius 2 is 1.81 bits per heavy atom. The van der Waals surface area contributed by atoms with Crippen molar-refractivity contribution in [3.05, 3.63) is 75.0 Å². The fraction of sp³-hybridized carbons (Fsp3) is 0.118. The summed E-state index contributed by atoms with van der Waals surface area (Å²) in [6.07, 6.45) is -4.80. The maximum Gasteiger partial charge on any atom is 0.417 e. The first-order valence-electron chi connectivity index (χ1n) is 7.55. The summed E-state index contributed by atoms with van der Waals surface area (Å²) in [5.41, 5.74) is -1.64. The molecule has 3 aromatic rings. The molecule has 0 atom stereocenters. The third kappa shape index (κ3) is 4.32. The van der Waals surface area contributed by atoms with E-state index in [0.29, 0.717) is 16.7 Å². The zero-order valence-corrected chi connectivity index (χ0v) is 15.0. The van der Waals surface area contributed by atoms with Gasteiger partial charge in [-0.15, -0.1) is 0 Å². The molecule has 0 radical (unpaired) electrons. The Kier molecular flexibility index (Phi) is 5.02. The molecular weight excluding hydrogens is 405 g/mol. The van der Waals surface area contributed by atoms with Gasteiger partial charge in [0.2, 0.25) is 15.6 Å². The summed E-state index contributed by atoms with van der Waals surface area (Å²) in [6.45, 7) is -0.0846. The van der Waals surface area contributed by atoms with Gasteiger partial charge in [0, 0.05) is 28.5 Å². The van der Waals surface area contributed by atoms with Crippen molar-refractivity contribution in [1.82, 2.24) is 9.71 Å². The van der Waals surface area contributed by atoms with Gasteiger partial charge in [-0.3, -0.25) is 4.79 Å². The van der Waals surface area contributed by atoms with Crippen LogP contribution in [0.15, 0.2) is 58.2 Å². The van der Waals surface area contributed by atoms with Crippen molar-refractivity contribution >= 4 is 32.5 Å². The van der Waals surface area contributed by atoms with E-state index >= 15 is 0 Å². The molecule has 10 heteroatoms. The molecule has 142 valence electrons. The molecule has 1 heterocycles. The van der Waals surface area contributed by atoms with E-state index in [9.17, 15) is 26.4 Å². The second-order valence-corrected chi connectivity index (χ2v) is 7.91. The molecular formula is C17H12ClF3N2O3S. The topological polar surface area (TPSA) is 79.0 Å². The largest absolute Gasteiger partial charge is 0.417 e. The Bertz CT molecular complexity index is 1170. The molecule has 2 N–H and O–H groups in total. The third-order valence-corrected chi connectivity index (χ3v) is 5.42. The standard InChI is InChI=1S/C17H12ClF3N2O3S/c18-11-3-1-2-10(6-11)9-22-27(25,26)12-4-5-15-13(7-12)14(17(19,20)21)8-16(24)23-15/h1-8,22H,9H2,(H,23,24). The average molecular weight is 417 g/mol. The van der Waals surface area contributed by atoms with Crippen molar-refractivity contribution in [3.63, 3.8) is 0 Å². The predicted octanol–water partition coefficient (Wildman–Crippen LogP) is 3.68. The van der Waals surface area contributed by atoms with Gasteiger partial charge in [-0.05, 0) is 35.9 Å². The van der Waals surface area contributed by atoms with Crippen LogP contribution in [-0.2, 0) is 22.7 Å². The van der Waals surface area contributed by atoms with Crippen LogP contribution in [-0.4, -0.2) is 13.4 Å². The summed E-state index contributed by atoms with van der Waals surface area (Å²) >= 11 is 5.84. The first-order valence-corrected chi connectivity index (χ1v) is 9.41. The first kappa shape index (κ1) is 19.4. The quantitative estimate of drug-likeness (QED) is 0.681. The molecule has 0 unspecified atom stereocenters. The predicted molar refractivity (Wildman–Crippen MR) is 95.0 cm³/mol. The first-order chi connectivity index (χ1) is 12.6. The summed E-state index contributed by atoms with van der Waals surface area (Å²) in [4.78, 5) is 13.3. The molecule has 0 amide bonds. The molecule has 0 spiro atoms. The number of aromatic amines is 1. The zero-order chi connectivity index (χ0) is 19.8. The lowest BCUT2D eigenvalue weighted by Gasteiger charge is -2.12. The van der Waals surface area contributed by atoms with Gasteiger partial charge in [0.15, 0.2) is 0 Å². The summed E-state index contributed by atoms with van der Waals surface area (Å²) in [7, 11) is -4.09. The van der Waals surface area contributed by atoms with Crippen molar-refractivity contribution in [2.24, 2.45) is 0 Å². The van der Waals surface area contributed by atoms with Crippen LogP contribution in [0.3, 0.4) is 0 Å². The molecule has 0 aliphatic rings. The van der Waals surface area contributed by atoms with Crippen LogP contribution in [0, 0.1) is 0 Å². The van der Waals surface area contributed by atoms with E-state index in [1.807, 2.05) is 0 Å². The van der Waals surface area contributed by atoms with Crippen LogP contribution >= 0.6 is 11.6 Å². The monoisotopic (exact) mass is 416 g/mol. The third-order valence-electron chi connectivity index (χ3n) is 3.79. The Morgan fingerprint density at radius 3 is 2.48 bits per heavy atom. The smallest absolute Gasteiger partial charge is 0.322 e. The molecule has 1 aromatic heterocycles. The lowest BCUT2D eigenvalue weighted by molar-refractivity contribution is -0.136. The Labute approximate surface area is 156 Å². The average Bonchev–Trinajstić information content (AvgIpc) is 2.58. The van der Waals surface area contributed by atoms with Crippen LogP contribution in [0.25, 0.3) is 10.9 Å². The number of alkyl halides is 3. The van der Waals surface area contributed by atoms with E-state index in [-0.39, 0.29) is 17.0 Å². The van der Waals surface area contributed by atoms with Crippen molar-refractivity contribution in [2.75, 3.05) is 0 Å². The zero-order valence-electron chi connectivity index (χ0n) is 13.5. The van der Waals surface area contributed by atoms with E-state index in [2.05, 4.69) is 9.71 Å². The van der Waals surface area contributed by atoms with E-state index < -0.39 is 32.7 Å². The SMILES string of the molecule is O=c1cc(C(F)(F)F)c2cc(S(=O)(=O)NCc3cccc(Cl)c3)ccc2[nH]1. The number of halogens is 4. The molecule has 2 aromatic carbocycles. The second-order valence-electron chi connectivity index (χ2n) is 5.71. The molecule has 5 nitrogen and oxygen atoms in total. The fourth-order valence-corrected chi connectivity index (χ4v) is 3.80. The van der Waals surface area contributed by atoms with Crippen molar-refractivity contribution in [1.29, 1.82) is 0 Å². The van der Waals surface area contributed by atoms with Gasteiger partial charge in [-0.2, -0.15) is 13.2 Å². The van der Waals surface area contributed by atoms with Gasteiger partial charge in [-0.25, -0.2) is 13.1 Å². The lowest BCUT2D eigenvalue weighted by Crippen LogP contribution is -2.23. The summed E-state index contributed by atoms with van der Waals surface area (Å²) < 4.78 is 66.9. The fourth-order valence-electron chi connectivity index (χ4n) is 2.54. The minimum Gasteiger partial charge on any atom is -0.322 e. The van der Waals surface area contributed by atoms with Crippen LogP contribution in [0.4, 0.5) is 13.2 Å². The minimum absolute atomic E-state index is 0.0846. The van der Waals surface area contributed by atoms with Crippen LogP contribution in [0.5, 0.6) is 0 Å². The van der Waals surface area contributed by atoms with Gasteiger partial charge in [-0.1, -0.05) is 23.7 Å². The number of sulfonamides is 1. The molecule has 0 aliphatic carbocycles. The second kappa shape index (κ2) is 6.99. The number of H-pyrrole nitrogens is 1. The number of pyridine rings is 1. The molecule has 0 fully saturated rings. The summed E-state index contributed by atoms with van der Waals surface area (Å²) in [5, 5.41) is 0.0175. The number of aromatic nitrogens is 1. The van der Waals surface area contributed by atoms with Gasteiger partial charge >= 0.3 is 6.18 Å². The lowest BCUT2D eigenvalue weighted by atomic mass is 10.1. The number of hydrogen-bond acceptors (Lipinski definition) is 3. The minimum atomic E-state index is -4.80. The molecule has 0 saturated heterocycles. The molecule has 0 bridgehead atoms. The highest BCUT2D eigenvalue weighted by molar-refractivity contribution is 7.89. The van der Waals surface area contributed by atoms with E-state index in [0.717, 1.165) is 18.2 Å². The highest BCUT2D eigenvalue weighted by Crippen LogP contribution is 2.34. The molecule has 0 saturated carbocycles. The van der Waals surface area contributed by atoms with Gasteiger partial charge in [0.1, 0.15) is 0 Å². The number of benzene rings is 2. The van der Waals surface area contributed by atoms with E-state index in [1.165, 1.54) is 0 Å². The van der Waals surface area contributed by atoms with Crippen LogP contribution < -0.4 is 10.3 Å². The van der Waals surface area contributed by atoms with E-state index in [1.54, 1.807) is 24.3 Å². The highest BCUT2D eigenvalue weighted by atomic mass is 35.5. The van der Waals surface area contributed by atoms with E-state index in [4.69, 9.17) is 11.6 Å². The van der Waals surface area contributed by atoms with Gasteiger partial charge < -0.3 is 4.98 Å². The van der Waals surface area contributed by atoms with Crippen LogP contribution in [0.1, 0.15) is 11.1 Å². The van der Waals surface area contributed by atoms with Crippen molar-refractivity contribution in [3.8, 4) is 0 Å². The van der Waals surface area contributed by atoms with Crippen molar-refractivity contribution < 1.29 is 21.6 Å². The Morgan fingerprint density at radius 1 is 1.07 bits per heavy atom. The van der Waals surface area contributed by atoms with Gasteiger partial charge in [0.05, 0.1) is 10.5 Å². The maximum absolute atomic E-state index is 13.2. The number of nitrogens with one attached hydrogen (secondary N) is 2. The van der Waals surface area contributed by atoms with Gasteiger partial charge in [0.25, 0.3) is 0 Å². The maximum atomic E-state index is 13.2. The summed E-state index contributed by atoms with van der Waals surface area (Å²) in [5.74, 6) is 0. The number of fused-ring (bicyclic) bond motifs is 1. The highest BCUT2D eigenvalue weighted by Gasteiger charge is 2.33. The van der Waals surface area contributed by atoms with Crippen molar-refractivity contribution in [2.45, 2.75) is 17.6 Å². The molecule has 0 aliphatic heterocycles. The molecule has 27 heavy (non-hydrogen) atoms. The Hall–Kier alpha value is -2.36. The Balaban J connectivity index is 2.00. The summed E-state index contributed by atoms with van der Waals surface area (Å²) in [6, 6.07) is 10.0. The number of rotatable bonds is 4. The molecule has 3 rings (SSSR count).